The Morgan fingerprint density at radius 1 is 1.56 bits per heavy atom. The molecule has 0 fully saturated rings. The van der Waals surface area contributed by atoms with E-state index in [1.54, 1.807) is 0 Å². The lowest BCUT2D eigenvalue weighted by Crippen LogP contribution is -1.93. The molecule has 7 heteroatoms. The van der Waals surface area contributed by atoms with Gasteiger partial charge in [-0.15, -0.1) is 0 Å². The average molecular weight is 239 g/mol. The molecule has 0 saturated carbocycles. The summed E-state index contributed by atoms with van der Waals surface area (Å²) >= 11 is 5.89. The van der Waals surface area contributed by atoms with Gasteiger partial charge in [0.25, 0.3) is 0 Å². The molecule has 0 amide bonds. The molecule has 2 aromatic heterocycles. The summed E-state index contributed by atoms with van der Waals surface area (Å²) in [6.45, 7) is 0. The van der Waals surface area contributed by atoms with Gasteiger partial charge < -0.3 is 4.74 Å². The van der Waals surface area contributed by atoms with Gasteiger partial charge in [0, 0.05) is 6.08 Å². The van der Waals surface area contributed by atoms with Crippen LogP contribution in [0.2, 0.25) is 5.15 Å². The number of methoxy groups -OCH3 is 1. The third kappa shape index (κ3) is 1.87. The smallest absolute Gasteiger partial charge is 0.330 e. The van der Waals surface area contributed by atoms with Crippen LogP contribution in [0.15, 0.2) is 12.4 Å². The van der Waals surface area contributed by atoms with Gasteiger partial charge in [-0.1, -0.05) is 11.6 Å². The third-order valence-electron chi connectivity index (χ3n) is 1.92. The highest BCUT2D eigenvalue weighted by Crippen LogP contribution is 2.21. The number of rotatable bonds is 2. The summed E-state index contributed by atoms with van der Waals surface area (Å²) in [6, 6.07) is 0. The second kappa shape index (κ2) is 4.28. The Morgan fingerprint density at radius 2 is 2.38 bits per heavy atom. The third-order valence-corrected chi connectivity index (χ3v) is 2.21. The van der Waals surface area contributed by atoms with Crippen molar-refractivity contribution in [3.63, 3.8) is 0 Å². The van der Waals surface area contributed by atoms with E-state index in [9.17, 15) is 4.79 Å². The van der Waals surface area contributed by atoms with Crippen LogP contribution in [0.1, 0.15) is 5.69 Å². The van der Waals surface area contributed by atoms with Crippen molar-refractivity contribution in [2.24, 2.45) is 0 Å². The molecule has 6 nitrogen and oxygen atoms in total. The molecular formula is C9H7ClN4O2. The summed E-state index contributed by atoms with van der Waals surface area (Å²) < 4.78 is 4.47. The molecule has 16 heavy (non-hydrogen) atoms. The van der Waals surface area contributed by atoms with E-state index in [1.807, 2.05) is 0 Å². The Hall–Kier alpha value is -1.95. The molecule has 2 rings (SSSR count). The van der Waals surface area contributed by atoms with Crippen molar-refractivity contribution in [2.75, 3.05) is 7.11 Å². The van der Waals surface area contributed by atoms with Gasteiger partial charge in [0.15, 0.2) is 5.65 Å². The van der Waals surface area contributed by atoms with Crippen molar-refractivity contribution in [3.8, 4) is 0 Å². The van der Waals surface area contributed by atoms with Crippen LogP contribution in [0.4, 0.5) is 0 Å². The number of nitrogens with zero attached hydrogens (tertiary/aromatic N) is 3. The maximum atomic E-state index is 10.9. The zero-order valence-electron chi connectivity index (χ0n) is 8.27. The SMILES string of the molecule is COC(=O)C=Cc1[nH]nc2ncnc(Cl)c12. The summed E-state index contributed by atoms with van der Waals surface area (Å²) in [5.41, 5.74) is 1.01. The molecule has 0 atom stereocenters. The Kier molecular flexibility index (Phi) is 2.82. The number of carbonyl (C=O) groups is 1. The molecule has 0 unspecified atom stereocenters. The number of aromatic amines is 1. The Morgan fingerprint density at radius 3 is 3.12 bits per heavy atom. The van der Waals surface area contributed by atoms with Gasteiger partial charge in [-0.2, -0.15) is 5.10 Å². The van der Waals surface area contributed by atoms with E-state index < -0.39 is 5.97 Å². The fourth-order valence-corrected chi connectivity index (χ4v) is 1.41. The molecular weight excluding hydrogens is 232 g/mol. The monoisotopic (exact) mass is 238 g/mol. The molecule has 0 radical (unpaired) electrons. The number of ether oxygens (including phenoxy) is 1. The van der Waals surface area contributed by atoms with Crippen LogP contribution in [0.25, 0.3) is 17.1 Å². The number of halogens is 1. The van der Waals surface area contributed by atoms with Crippen LogP contribution in [0, 0.1) is 0 Å². The molecule has 82 valence electrons. The number of fused-ring (bicyclic) bond motifs is 1. The maximum absolute atomic E-state index is 10.9. The van der Waals surface area contributed by atoms with E-state index in [1.165, 1.54) is 25.6 Å². The van der Waals surface area contributed by atoms with Crippen LogP contribution >= 0.6 is 11.6 Å². The van der Waals surface area contributed by atoms with Gasteiger partial charge in [-0.05, 0) is 6.08 Å². The topological polar surface area (TPSA) is 80.8 Å². The van der Waals surface area contributed by atoms with Crippen LogP contribution in [-0.2, 0) is 9.53 Å². The first-order chi connectivity index (χ1) is 7.72. The van der Waals surface area contributed by atoms with Gasteiger partial charge in [-0.25, -0.2) is 14.8 Å². The summed E-state index contributed by atoms with van der Waals surface area (Å²) in [6.07, 6.45) is 4.09. The van der Waals surface area contributed by atoms with Crippen molar-refractivity contribution < 1.29 is 9.53 Å². The number of carbonyl (C=O) groups excluding carboxylic acids is 1. The molecule has 2 heterocycles. The first-order valence-electron chi connectivity index (χ1n) is 4.33. The lowest BCUT2D eigenvalue weighted by atomic mass is 10.3. The van der Waals surface area contributed by atoms with Crippen LogP contribution < -0.4 is 0 Å². The first-order valence-corrected chi connectivity index (χ1v) is 4.70. The lowest BCUT2D eigenvalue weighted by Gasteiger charge is -1.92. The highest BCUT2D eigenvalue weighted by molar-refractivity contribution is 6.34. The zero-order valence-corrected chi connectivity index (χ0v) is 9.02. The predicted octanol–water partition coefficient (Wildman–Crippen LogP) is 1.19. The van der Waals surface area contributed by atoms with Crippen LogP contribution in [0.3, 0.4) is 0 Å². The minimum Gasteiger partial charge on any atom is -0.466 e. The Bertz CT molecular complexity index is 564. The number of esters is 1. The predicted molar refractivity (Wildman–Crippen MR) is 57.7 cm³/mol. The van der Waals surface area contributed by atoms with Crippen molar-refractivity contribution in [3.05, 3.63) is 23.3 Å². The molecule has 0 spiro atoms. The first kappa shape index (κ1) is 10.6. The minimum absolute atomic E-state index is 0.281. The molecule has 0 aromatic carbocycles. The summed E-state index contributed by atoms with van der Waals surface area (Å²) in [7, 11) is 1.30. The normalized spacial score (nSPS) is 11.1. The van der Waals surface area contributed by atoms with Gasteiger partial charge in [0.2, 0.25) is 0 Å². The number of hydrogen-bond acceptors (Lipinski definition) is 5. The molecule has 0 saturated heterocycles. The highest BCUT2D eigenvalue weighted by atomic mass is 35.5. The average Bonchev–Trinajstić information content (AvgIpc) is 2.70. The number of aromatic nitrogens is 4. The van der Waals surface area contributed by atoms with Gasteiger partial charge in [0.1, 0.15) is 11.5 Å². The second-order valence-corrected chi connectivity index (χ2v) is 3.21. The van der Waals surface area contributed by atoms with E-state index >= 15 is 0 Å². The largest absolute Gasteiger partial charge is 0.466 e. The molecule has 0 aliphatic rings. The fourth-order valence-electron chi connectivity index (χ4n) is 1.18. The number of nitrogens with one attached hydrogen (secondary N) is 1. The fraction of sp³-hybridized carbons (Fsp3) is 0.111. The second-order valence-electron chi connectivity index (χ2n) is 2.86. The number of H-pyrrole nitrogens is 1. The van der Waals surface area contributed by atoms with Crippen molar-refractivity contribution >= 4 is 34.7 Å². The number of hydrogen-bond donors (Lipinski definition) is 1. The molecule has 0 aliphatic heterocycles. The maximum Gasteiger partial charge on any atom is 0.330 e. The molecule has 2 aromatic rings. The Balaban J connectivity index is 2.46. The minimum atomic E-state index is -0.462. The van der Waals surface area contributed by atoms with E-state index in [2.05, 4.69) is 24.9 Å². The molecule has 1 N–H and O–H groups in total. The van der Waals surface area contributed by atoms with Crippen LogP contribution in [0.5, 0.6) is 0 Å². The summed E-state index contributed by atoms with van der Waals surface area (Å²) in [5, 5.41) is 7.48. The Labute approximate surface area is 95.3 Å². The van der Waals surface area contributed by atoms with Crippen LogP contribution in [-0.4, -0.2) is 33.2 Å². The van der Waals surface area contributed by atoms with Crippen molar-refractivity contribution in [2.45, 2.75) is 0 Å². The quantitative estimate of drug-likeness (QED) is 0.483. The van der Waals surface area contributed by atoms with E-state index in [0.717, 1.165) is 0 Å². The van der Waals surface area contributed by atoms with Gasteiger partial charge in [0.05, 0.1) is 18.2 Å². The standard InChI is InChI=1S/C9H7ClN4O2/c1-16-6(15)3-2-5-7-8(10)11-4-12-9(7)14-13-5/h2-4H,1H3,(H,11,12,13,14). The lowest BCUT2D eigenvalue weighted by molar-refractivity contribution is -0.134. The van der Waals surface area contributed by atoms with Gasteiger partial charge >= 0.3 is 5.97 Å². The van der Waals surface area contributed by atoms with Crippen molar-refractivity contribution in [1.29, 1.82) is 0 Å². The highest BCUT2D eigenvalue weighted by Gasteiger charge is 2.08. The molecule has 0 bridgehead atoms. The molecule has 0 aliphatic carbocycles. The zero-order chi connectivity index (χ0) is 11.5. The summed E-state index contributed by atoms with van der Waals surface area (Å²) in [4.78, 5) is 18.7. The van der Waals surface area contributed by atoms with Gasteiger partial charge in [-0.3, -0.25) is 5.10 Å². The summed E-state index contributed by atoms with van der Waals surface area (Å²) in [5.74, 6) is -0.462. The van der Waals surface area contributed by atoms with E-state index in [4.69, 9.17) is 11.6 Å². The van der Waals surface area contributed by atoms with E-state index in [0.29, 0.717) is 16.7 Å². The van der Waals surface area contributed by atoms with E-state index in [-0.39, 0.29) is 5.15 Å². The van der Waals surface area contributed by atoms with Crippen molar-refractivity contribution in [1.82, 2.24) is 20.2 Å².